The molecule has 31 heavy (non-hydrogen) atoms. The van der Waals surface area contributed by atoms with Crippen LogP contribution >= 0.6 is 0 Å². The number of hydrogen-bond acceptors (Lipinski definition) is 5. The third kappa shape index (κ3) is 4.79. The lowest BCUT2D eigenvalue weighted by atomic mass is 9.75. The molecule has 1 aliphatic carbocycles. The van der Waals surface area contributed by atoms with Crippen molar-refractivity contribution in [2.45, 2.75) is 70.1 Å². The Hall–Kier alpha value is -1.56. The SMILES string of the molecule is CC1(C)OB(c2cccc(C[C@@]3(C(=O)O)C[C@@H](NS(C)(=O)=O)C(F)(F)C3)c2)OC1(C)C. The Labute approximate surface area is 181 Å². The molecule has 0 unspecified atom stereocenters. The van der Waals surface area contributed by atoms with Crippen molar-refractivity contribution < 1.29 is 36.4 Å². The van der Waals surface area contributed by atoms with Gasteiger partial charge in [-0.3, -0.25) is 4.79 Å². The minimum absolute atomic E-state index is 0.173. The van der Waals surface area contributed by atoms with Gasteiger partial charge in [-0.15, -0.1) is 0 Å². The lowest BCUT2D eigenvalue weighted by Gasteiger charge is -2.32. The van der Waals surface area contributed by atoms with Gasteiger partial charge in [0.2, 0.25) is 10.0 Å². The first-order valence-corrected chi connectivity index (χ1v) is 11.9. The highest BCUT2D eigenvalue weighted by molar-refractivity contribution is 7.88. The Kier molecular flexibility index (Phi) is 5.83. The Balaban J connectivity index is 1.87. The minimum atomic E-state index is -3.92. The highest BCUT2D eigenvalue weighted by Crippen LogP contribution is 2.49. The highest BCUT2D eigenvalue weighted by Gasteiger charge is 2.60. The van der Waals surface area contributed by atoms with Crippen molar-refractivity contribution in [3.05, 3.63) is 29.8 Å². The van der Waals surface area contributed by atoms with Crippen LogP contribution in [0.3, 0.4) is 0 Å². The number of sulfonamides is 1. The molecule has 0 amide bonds. The molecule has 172 valence electrons. The number of carbonyl (C=O) groups is 1. The fraction of sp³-hybridized carbons (Fsp3) is 0.650. The highest BCUT2D eigenvalue weighted by atomic mass is 32.2. The molecule has 11 heteroatoms. The maximum atomic E-state index is 14.6. The van der Waals surface area contributed by atoms with Crippen LogP contribution in [0, 0.1) is 5.41 Å². The van der Waals surface area contributed by atoms with Gasteiger partial charge in [0.05, 0.1) is 28.9 Å². The van der Waals surface area contributed by atoms with Crippen LogP contribution in [0.4, 0.5) is 8.78 Å². The standard InChI is InChI=1S/C20H28BF2NO6S/c1-17(2)18(3,4)30-21(29-17)14-8-6-7-13(9-14)10-19(16(25)26)11-15(20(22,23)12-19)24-31(5,27)28/h6-9,15,24H,10-12H2,1-5H3,(H,25,26)/t15-,19-/m1/s1. The maximum Gasteiger partial charge on any atom is 0.494 e. The topological polar surface area (TPSA) is 102 Å². The van der Waals surface area contributed by atoms with Crippen molar-refractivity contribution in [1.82, 2.24) is 4.72 Å². The largest absolute Gasteiger partial charge is 0.494 e. The van der Waals surface area contributed by atoms with Crippen molar-refractivity contribution in [1.29, 1.82) is 0 Å². The van der Waals surface area contributed by atoms with Gasteiger partial charge in [-0.1, -0.05) is 24.3 Å². The second kappa shape index (κ2) is 7.50. The van der Waals surface area contributed by atoms with Gasteiger partial charge < -0.3 is 14.4 Å². The van der Waals surface area contributed by atoms with Gasteiger partial charge in [0.25, 0.3) is 5.92 Å². The number of halogens is 2. The molecule has 0 bridgehead atoms. The van der Waals surface area contributed by atoms with E-state index >= 15 is 0 Å². The van der Waals surface area contributed by atoms with Gasteiger partial charge in [0.15, 0.2) is 0 Å². The van der Waals surface area contributed by atoms with Gasteiger partial charge in [0.1, 0.15) is 0 Å². The van der Waals surface area contributed by atoms with Crippen LogP contribution < -0.4 is 10.2 Å². The van der Waals surface area contributed by atoms with E-state index in [1.165, 1.54) is 0 Å². The molecule has 1 heterocycles. The molecular weight excluding hydrogens is 431 g/mol. The Morgan fingerprint density at radius 1 is 1.23 bits per heavy atom. The first-order valence-electron chi connectivity index (χ1n) is 9.99. The lowest BCUT2D eigenvalue weighted by molar-refractivity contribution is -0.150. The second-order valence-corrected chi connectivity index (χ2v) is 11.5. The Morgan fingerprint density at radius 2 is 1.81 bits per heavy atom. The third-order valence-electron chi connectivity index (χ3n) is 6.51. The van der Waals surface area contributed by atoms with Crippen molar-refractivity contribution >= 4 is 28.6 Å². The fourth-order valence-corrected chi connectivity index (χ4v) is 4.94. The number of hydrogen-bond donors (Lipinski definition) is 2. The summed E-state index contributed by atoms with van der Waals surface area (Å²) in [4.78, 5) is 12.1. The second-order valence-electron chi connectivity index (χ2n) is 9.68. The molecule has 2 fully saturated rings. The molecule has 7 nitrogen and oxygen atoms in total. The van der Waals surface area contributed by atoms with Gasteiger partial charge >= 0.3 is 13.1 Å². The van der Waals surface area contributed by atoms with E-state index in [4.69, 9.17) is 9.31 Å². The number of aliphatic carboxylic acids is 1. The fourth-order valence-electron chi connectivity index (χ4n) is 4.17. The molecule has 1 aromatic carbocycles. The number of rotatable bonds is 6. The van der Waals surface area contributed by atoms with Gasteiger partial charge in [-0.25, -0.2) is 21.9 Å². The van der Waals surface area contributed by atoms with Crippen LogP contribution in [0.2, 0.25) is 0 Å². The van der Waals surface area contributed by atoms with E-state index in [2.05, 4.69) is 0 Å². The number of carboxylic acid groups (broad SMARTS) is 1. The first kappa shape index (κ1) is 24.1. The molecular formula is C20H28BF2NO6S. The average Bonchev–Trinajstić information content (AvgIpc) is 2.95. The van der Waals surface area contributed by atoms with E-state index in [1.807, 2.05) is 32.4 Å². The Bertz CT molecular complexity index is 968. The van der Waals surface area contributed by atoms with Crippen LogP contribution in [0.1, 0.15) is 46.1 Å². The predicted octanol–water partition coefficient (Wildman–Crippen LogP) is 1.95. The smallest absolute Gasteiger partial charge is 0.481 e. The number of nitrogens with one attached hydrogen (secondary N) is 1. The zero-order chi connectivity index (χ0) is 23.5. The monoisotopic (exact) mass is 459 g/mol. The summed E-state index contributed by atoms with van der Waals surface area (Å²) in [5.74, 6) is -4.86. The minimum Gasteiger partial charge on any atom is -0.481 e. The summed E-state index contributed by atoms with van der Waals surface area (Å²) in [5, 5.41) is 9.83. The molecule has 2 aliphatic rings. The van der Waals surface area contributed by atoms with E-state index in [0.717, 1.165) is 6.26 Å². The van der Waals surface area contributed by atoms with Crippen LogP contribution in [0.25, 0.3) is 0 Å². The quantitative estimate of drug-likeness (QED) is 0.631. The molecule has 1 aromatic rings. The van der Waals surface area contributed by atoms with E-state index in [1.54, 1.807) is 24.3 Å². The molecule has 2 N–H and O–H groups in total. The molecule has 0 spiro atoms. The molecule has 1 saturated carbocycles. The summed E-state index contributed by atoms with van der Waals surface area (Å²) in [6.45, 7) is 7.63. The van der Waals surface area contributed by atoms with E-state index in [0.29, 0.717) is 11.0 Å². The first-order chi connectivity index (χ1) is 14.0. The predicted molar refractivity (Wildman–Crippen MR) is 112 cm³/mol. The summed E-state index contributed by atoms with van der Waals surface area (Å²) in [6.07, 6.45) is -0.864. The van der Waals surface area contributed by atoms with Crippen molar-refractivity contribution in [2.24, 2.45) is 5.41 Å². The van der Waals surface area contributed by atoms with Gasteiger partial charge in [0, 0.05) is 6.42 Å². The molecule has 1 aliphatic heterocycles. The van der Waals surface area contributed by atoms with Crippen LogP contribution in [-0.2, 0) is 30.5 Å². The normalized spacial score (nSPS) is 29.3. The van der Waals surface area contributed by atoms with E-state index in [-0.39, 0.29) is 6.42 Å². The van der Waals surface area contributed by atoms with Crippen LogP contribution in [-0.4, -0.2) is 56.0 Å². The van der Waals surface area contributed by atoms with Crippen LogP contribution in [0.15, 0.2) is 24.3 Å². The van der Waals surface area contributed by atoms with Gasteiger partial charge in [-0.2, -0.15) is 0 Å². The van der Waals surface area contributed by atoms with E-state index in [9.17, 15) is 27.1 Å². The van der Waals surface area contributed by atoms with Gasteiger partial charge in [-0.05, 0) is 51.6 Å². The van der Waals surface area contributed by atoms with E-state index < -0.39 is 64.5 Å². The lowest BCUT2D eigenvalue weighted by Crippen LogP contribution is -2.43. The zero-order valence-electron chi connectivity index (χ0n) is 18.2. The summed E-state index contributed by atoms with van der Waals surface area (Å²) < 4.78 is 66.0. The molecule has 3 rings (SSSR count). The molecule has 0 radical (unpaired) electrons. The Morgan fingerprint density at radius 3 is 2.32 bits per heavy atom. The molecule has 0 aromatic heterocycles. The van der Waals surface area contributed by atoms with Crippen molar-refractivity contribution in [2.75, 3.05) is 6.26 Å². The summed E-state index contributed by atoms with van der Waals surface area (Å²) in [7, 11) is -4.59. The number of alkyl halides is 2. The van der Waals surface area contributed by atoms with Crippen LogP contribution in [0.5, 0.6) is 0 Å². The number of benzene rings is 1. The molecule has 1 saturated heterocycles. The third-order valence-corrected chi connectivity index (χ3v) is 7.22. The summed E-state index contributed by atoms with van der Waals surface area (Å²) in [6, 6.07) is 5.06. The van der Waals surface area contributed by atoms with Crippen molar-refractivity contribution in [3.63, 3.8) is 0 Å². The molecule has 2 atom stereocenters. The average molecular weight is 459 g/mol. The zero-order valence-corrected chi connectivity index (χ0v) is 19.1. The summed E-state index contributed by atoms with van der Waals surface area (Å²) in [5.41, 5.74) is -1.74. The van der Waals surface area contributed by atoms with Crippen molar-refractivity contribution in [3.8, 4) is 0 Å². The summed E-state index contributed by atoms with van der Waals surface area (Å²) >= 11 is 0. The maximum absolute atomic E-state index is 14.6. The number of carboxylic acids is 1.